The fraction of sp³-hybridized carbons (Fsp3) is 0.333. The van der Waals surface area contributed by atoms with E-state index in [4.69, 9.17) is 4.74 Å². The van der Waals surface area contributed by atoms with Crippen LogP contribution in [0, 0.1) is 0 Å². The van der Waals surface area contributed by atoms with Crippen LogP contribution in [0.25, 0.3) is 0 Å². The number of methoxy groups -OCH3 is 1. The van der Waals surface area contributed by atoms with Crippen LogP contribution in [0.5, 0.6) is 5.75 Å². The zero-order valence-electron chi connectivity index (χ0n) is 13.0. The van der Waals surface area contributed by atoms with Crippen molar-refractivity contribution in [2.24, 2.45) is 0 Å². The van der Waals surface area contributed by atoms with Crippen molar-refractivity contribution >= 4 is 0 Å². The summed E-state index contributed by atoms with van der Waals surface area (Å²) in [7, 11) is 5.92. The molecule has 0 aliphatic heterocycles. The molecule has 21 heavy (non-hydrogen) atoms. The van der Waals surface area contributed by atoms with E-state index in [9.17, 15) is 0 Å². The highest BCUT2D eigenvalue weighted by Gasteiger charge is 2.14. The summed E-state index contributed by atoms with van der Waals surface area (Å²) in [5, 5.41) is 3.54. The fourth-order valence-corrected chi connectivity index (χ4v) is 2.40. The Morgan fingerprint density at radius 1 is 1.05 bits per heavy atom. The van der Waals surface area contributed by atoms with Crippen LogP contribution in [0.3, 0.4) is 0 Å². The molecule has 1 unspecified atom stereocenters. The van der Waals surface area contributed by atoms with E-state index < -0.39 is 0 Å². The number of benzene rings is 2. The Balaban J connectivity index is 1.99. The Labute approximate surface area is 127 Å². The summed E-state index contributed by atoms with van der Waals surface area (Å²) in [4.78, 5) is 2.23. The zero-order chi connectivity index (χ0) is 15.1. The molecular formula is C18H24N2O. The number of likely N-dealkylation sites (N-methyl/N-ethyl adjacent to an activating group) is 1. The lowest BCUT2D eigenvalue weighted by Gasteiger charge is -2.25. The lowest BCUT2D eigenvalue weighted by molar-refractivity contribution is 0.287. The van der Waals surface area contributed by atoms with Crippen molar-refractivity contribution in [2.75, 3.05) is 27.7 Å². The number of nitrogens with zero attached hydrogens (tertiary/aromatic N) is 1. The largest absolute Gasteiger partial charge is 0.497 e. The molecule has 2 aromatic carbocycles. The van der Waals surface area contributed by atoms with Gasteiger partial charge in [-0.3, -0.25) is 0 Å². The minimum atomic E-state index is 0.323. The van der Waals surface area contributed by atoms with Gasteiger partial charge in [0.2, 0.25) is 0 Å². The van der Waals surface area contributed by atoms with E-state index in [-0.39, 0.29) is 0 Å². The van der Waals surface area contributed by atoms with Gasteiger partial charge in [0.25, 0.3) is 0 Å². The minimum Gasteiger partial charge on any atom is -0.497 e. The van der Waals surface area contributed by atoms with Gasteiger partial charge in [0.15, 0.2) is 0 Å². The number of hydrogen-bond donors (Lipinski definition) is 1. The van der Waals surface area contributed by atoms with Crippen molar-refractivity contribution in [3.8, 4) is 5.75 Å². The van der Waals surface area contributed by atoms with Gasteiger partial charge in [-0.2, -0.15) is 0 Å². The van der Waals surface area contributed by atoms with E-state index in [0.717, 1.165) is 18.8 Å². The first-order valence-electron chi connectivity index (χ1n) is 7.25. The predicted octanol–water partition coefficient (Wildman–Crippen LogP) is 3.09. The second-order valence-electron chi connectivity index (χ2n) is 5.37. The first kappa shape index (κ1) is 15.5. The lowest BCUT2D eigenvalue weighted by atomic mass is 10.1. The standard InChI is InChI=1S/C18H24N2O/c1-20(2)18(16-10-7-11-17(12-16)21-3)14-19-13-15-8-5-4-6-9-15/h4-12,18-19H,13-14H2,1-3H3. The molecule has 0 saturated carbocycles. The molecule has 0 aliphatic carbocycles. The van der Waals surface area contributed by atoms with E-state index in [1.54, 1.807) is 7.11 Å². The van der Waals surface area contributed by atoms with Gasteiger partial charge >= 0.3 is 0 Å². The van der Waals surface area contributed by atoms with Crippen molar-refractivity contribution in [1.82, 2.24) is 10.2 Å². The normalized spacial score (nSPS) is 12.4. The van der Waals surface area contributed by atoms with E-state index >= 15 is 0 Å². The Bertz CT molecular complexity index is 540. The van der Waals surface area contributed by atoms with Crippen LogP contribution in [-0.2, 0) is 6.54 Å². The molecule has 0 aliphatic rings. The highest BCUT2D eigenvalue weighted by molar-refractivity contribution is 5.30. The van der Waals surface area contributed by atoms with Gasteiger partial charge in [0.1, 0.15) is 5.75 Å². The summed E-state index contributed by atoms with van der Waals surface area (Å²) in [6.45, 7) is 1.78. The van der Waals surface area contributed by atoms with Gasteiger partial charge in [0, 0.05) is 19.1 Å². The molecule has 0 aromatic heterocycles. The molecule has 0 radical (unpaired) electrons. The summed E-state index contributed by atoms with van der Waals surface area (Å²) in [6.07, 6.45) is 0. The van der Waals surface area contributed by atoms with Gasteiger partial charge in [-0.25, -0.2) is 0 Å². The van der Waals surface area contributed by atoms with Gasteiger partial charge in [-0.15, -0.1) is 0 Å². The van der Waals surface area contributed by atoms with Crippen LogP contribution in [0.15, 0.2) is 54.6 Å². The van der Waals surface area contributed by atoms with Crippen LogP contribution >= 0.6 is 0 Å². The van der Waals surface area contributed by atoms with Crippen molar-refractivity contribution in [1.29, 1.82) is 0 Å². The van der Waals surface area contributed by atoms with Crippen LogP contribution in [-0.4, -0.2) is 32.6 Å². The van der Waals surface area contributed by atoms with Gasteiger partial charge in [-0.1, -0.05) is 42.5 Å². The van der Waals surface area contributed by atoms with Crippen LogP contribution in [0.2, 0.25) is 0 Å². The van der Waals surface area contributed by atoms with Crippen LogP contribution in [0.4, 0.5) is 0 Å². The summed E-state index contributed by atoms with van der Waals surface area (Å²) >= 11 is 0. The first-order chi connectivity index (χ1) is 10.2. The average molecular weight is 284 g/mol. The summed E-state index contributed by atoms with van der Waals surface area (Å²) < 4.78 is 5.32. The maximum absolute atomic E-state index is 5.32. The predicted molar refractivity (Wildman–Crippen MR) is 87.6 cm³/mol. The average Bonchev–Trinajstić information content (AvgIpc) is 2.52. The maximum atomic E-state index is 5.32. The molecule has 0 spiro atoms. The van der Waals surface area contributed by atoms with Crippen LogP contribution in [0.1, 0.15) is 17.2 Å². The molecule has 0 saturated heterocycles. The van der Waals surface area contributed by atoms with Gasteiger partial charge in [0.05, 0.1) is 7.11 Å². The van der Waals surface area contributed by atoms with Crippen molar-refractivity contribution in [3.05, 3.63) is 65.7 Å². The number of ether oxygens (including phenoxy) is 1. The van der Waals surface area contributed by atoms with Gasteiger partial charge in [-0.05, 0) is 37.4 Å². The molecule has 1 N–H and O–H groups in total. The van der Waals surface area contributed by atoms with E-state index in [1.807, 2.05) is 18.2 Å². The first-order valence-corrected chi connectivity index (χ1v) is 7.25. The van der Waals surface area contributed by atoms with E-state index in [1.165, 1.54) is 11.1 Å². The number of hydrogen-bond acceptors (Lipinski definition) is 3. The molecule has 3 nitrogen and oxygen atoms in total. The molecular weight excluding hydrogens is 260 g/mol. The SMILES string of the molecule is COc1cccc(C(CNCc2ccccc2)N(C)C)c1. The van der Waals surface area contributed by atoms with Crippen molar-refractivity contribution in [2.45, 2.75) is 12.6 Å². The van der Waals surface area contributed by atoms with Gasteiger partial charge < -0.3 is 15.0 Å². The number of nitrogens with one attached hydrogen (secondary N) is 1. The zero-order valence-corrected chi connectivity index (χ0v) is 13.0. The quantitative estimate of drug-likeness (QED) is 0.845. The minimum absolute atomic E-state index is 0.323. The monoisotopic (exact) mass is 284 g/mol. The van der Waals surface area contributed by atoms with E-state index in [0.29, 0.717) is 6.04 Å². The molecule has 112 valence electrons. The molecule has 0 fully saturated rings. The Kier molecular flexibility index (Phi) is 5.78. The molecule has 0 amide bonds. The third-order valence-electron chi connectivity index (χ3n) is 3.61. The highest BCUT2D eigenvalue weighted by atomic mass is 16.5. The fourth-order valence-electron chi connectivity index (χ4n) is 2.40. The van der Waals surface area contributed by atoms with E-state index in [2.05, 4.69) is 60.7 Å². The third-order valence-corrected chi connectivity index (χ3v) is 3.61. The van der Waals surface area contributed by atoms with Crippen molar-refractivity contribution in [3.63, 3.8) is 0 Å². The van der Waals surface area contributed by atoms with Crippen LogP contribution < -0.4 is 10.1 Å². The summed E-state index contributed by atoms with van der Waals surface area (Å²) in [5.41, 5.74) is 2.57. The molecule has 1 atom stereocenters. The highest BCUT2D eigenvalue weighted by Crippen LogP contribution is 2.22. The Morgan fingerprint density at radius 2 is 1.81 bits per heavy atom. The Morgan fingerprint density at radius 3 is 2.48 bits per heavy atom. The molecule has 0 bridgehead atoms. The second kappa shape index (κ2) is 7.81. The third kappa shape index (κ3) is 4.59. The van der Waals surface area contributed by atoms with Crippen molar-refractivity contribution < 1.29 is 4.74 Å². The number of rotatable bonds is 7. The molecule has 3 heteroatoms. The summed E-state index contributed by atoms with van der Waals surface area (Å²) in [6, 6.07) is 19.1. The topological polar surface area (TPSA) is 24.5 Å². The summed E-state index contributed by atoms with van der Waals surface area (Å²) in [5.74, 6) is 0.905. The molecule has 0 heterocycles. The smallest absolute Gasteiger partial charge is 0.119 e. The second-order valence-corrected chi connectivity index (χ2v) is 5.37. The molecule has 2 rings (SSSR count). The maximum Gasteiger partial charge on any atom is 0.119 e. The molecule has 2 aromatic rings. The lowest BCUT2D eigenvalue weighted by Crippen LogP contribution is -2.30. The Hall–Kier alpha value is -1.84.